The lowest BCUT2D eigenvalue weighted by atomic mass is 10.3. The second-order valence-electron chi connectivity index (χ2n) is 1.63. The minimum absolute atomic E-state index is 0.671. The molecule has 0 saturated carbocycles. The quantitative estimate of drug-likeness (QED) is 0.552. The first-order chi connectivity index (χ1) is 2.94. The highest BCUT2D eigenvalue weighted by Crippen LogP contribution is 2.23. The normalized spacial score (nSPS) is 16.7. The summed E-state index contributed by atoms with van der Waals surface area (Å²) >= 11 is 10.8. The van der Waals surface area contributed by atoms with Crippen LogP contribution in [0.3, 0.4) is 0 Å². The second-order valence-corrected chi connectivity index (χ2v) is 3.40. The van der Waals surface area contributed by atoms with E-state index >= 15 is 0 Å². The molecule has 0 amide bonds. The Morgan fingerprint density at radius 1 is 1.57 bits per heavy atom. The van der Waals surface area contributed by atoms with Crippen molar-refractivity contribution in [1.82, 2.24) is 0 Å². The Kier molecular flexibility index (Phi) is 2.38. The van der Waals surface area contributed by atoms with Gasteiger partial charge in [-0.05, 0) is 13.8 Å². The van der Waals surface area contributed by atoms with Crippen LogP contribution in [0.1, 0.15) is 13.8 Å². The van der Waals surface area contributed by atoms with Gasteiger partial charge in [0.05, 0.1) is 6.10 Å². The number of aliphatic hydroxyl groups excluding tert-OH is 1. The second kappa shape index (κ2) is 2.21. The van der Waals surface area contributed by atoms with E-state index in [0.29, 0.717) is 0 Å². The molecule has 0 heterocycles. The lowest BCUT2D eigenvalue weighted by Crippen LogP contribution is -2.23. The van der Waals surface area contributed by atoms with E-state index in [2.05, 4.69) is 0 Å². The lowest BCUT2D eigenvalue weighted by Gasteiger charge is -2.15. The molecular formula is C4H8Cl2O. The van der Waals surface area contributed by atoms with Crippen molar-refractivity contribution >= 4 is 23.2 Å². The number of alkyl halides is 2. The molecule has 0 rings (SSSR count). The molecule has 1 N–H and O–H groups in total. The van der Waals surface area contributed by atoms with Crippen LogP contribution in [0.5, 0.6) is 0 Å². The van der Waals surface area contributed by atoms with Crippen molar-refractivity contribution in [2.24, 2.45) is 0 Å². The van der Waals surface area contributed by atoms with E-state index in [4.69, 9.17) is 28.3 Å². The molecule has 1 atom stereocenters. The number of halogens is 2. The molecule has 0 aromatic heterocycles. The first kappa shape index (κ1) is 7.54. The third-order valence-corrected chi connectivity index (χ3v) is 1.37. The van der Waals surface area contributed by atoms with E-state index in [-0.39, 0.29) is 0 Å². The molecule has 44 valence electrons. The van der Waals surface area contributed by atoms with E-state index in [1.165, 1.54) is 0 Å². The van der Waals surface area contributed by atoms with Gasteiger partial charge in [0.2, 0.25) is 0 Å². The fourth-order valence-corrected chi connectivity index (χ4v) is 0. The lowest BCUT2D eigenvalue weighted by molar-refractivity contribution is 0.181. The van der Waals surface area contributed by atoms with Gasteiger partial charge < -0.3 is 5.11 Å². The molecule has 0 aromatic carbocycles. The molecule has 0 saturated heterocycles. The van der Waals surface area contributed by atoms with Crippen LogP contribution >= 0.6 is 23.2 Å². The Bertz CT molecular complexity index is 55.2. The van der Waals surface area contributed by atoms with Crippen molar-refractivity contribution in [1.29, 1.82) is 0 Å². The Labute approximate surface area is 53.2 Å². The van der Waals surface area contributed by atoms with Crippen LogP contribution in [-0.4, -0.2) is 15.5 Å². The van der Waals surface area contributed by atoms with Crippen molar-refractivity contribution in [2.75, 3.05) is 0 Å². The highest BCUT2D eigenvalue weighted by molar-refractivity contribution is 6.48. The maximum atomic E-state index is 8.62. The van der Waals surface area contributed by atoms with E-state index in [0.717, 1.165) is 0 Å². The summed E-state index contributed by atoms with van der Waals surface area (Å²) in [5.41, 5.74) is 0. The summed E-state index contributed by atoms with van der Waals surface area (Å²) in [5.74, 6) is 0. The zero-order valence-electron chi connectivity index (χ0n) is 4.28. The van der Waals surface area contributed by atoms with E-state index < -0.39 is 10.4 Å². The number of aliphatic hydroxyl groups is 1. The zero-order valence-corrected chi connectivity index (χ0v) is 5.79. The molecular weight excluding hydrogens is 135 g/mol. The van der Waals surface area contributed by atoms with E-state index in [9.17, 15) is 0 Å². The molecule has 0 aliphatic heterocycles. The Balaban J connectivity index is 3.54. The summed E-state index contributed by atoms with van der Waals surface area (Å²) in [4.78, 5) is 0. The molecule has 7 heavy (non-hydrogen) atoms. The third kappa shape index (κ3) is 3.15. The molecule has 0 fully saturated rings. The molecule has 0 aliphatic rings. The fraction of sp³-hybridized carbons (Fsp3) is 1.00. The summed E-state index contributed by atoms with van der Waals surface area (Å²) in [6.07, 6.45) is -0.671. The summed E-state index contributed by atoms with van der Waals surface area (Å²) in [6.45, 7) is 3.08. The SMILES string of the molecule is CC(O)C(C)(Cl)Cl. The Morgan fingerprint density at radius 3 is 1.71 bits per heavy atom. The molecule has 3 heteroatoms. The van der Waals surface area contributed by atoms with Crippen molar-refractivity contribution < 1.29 is 5.11 Å². The van der Waals surface area contributed by atoms with Gasteiger partial charge in [0, 0.05) is 0 Å². The van der Waals surface area contributed by atoms with Crippen LogP contribution in [0, 0.1) is 0 Å². The fourth-order valence-electron chi connectivity index (χ4n) is 0. The van der Waals surface area contributed by atoms with Gasteiger partial charge in [-0.3, -0.25) is 0 Å². The maximum Gasteiger partial charge on any atom is 0.140 e. The zero-order chi connectivity index (χ0) is 6.08. The number of rotatable bonds is 1. The van der Waals surface area contributed by atoms with Gasteiger partial charge in [-0.2, -0.15) is 0 Å². The molecule has 1 nitrogen and oxygen atoms in total. The van der Waals surface area contributed by atoms with E-state index in [1.807, 2.05) is 0 Å². The van der Waals surface area contributed by atoms with Crippen LogP contribution in [0.25, 0.3) is 0 Å². The Hall–Kier alpha value is 0.540. The molecule has 1 unspecified atom stereocenters. The summed E-state index contributed by atoms with van der Waals surface area (Å²) in [7, 11) is 0. The topological polar surface area (TPSA) is 20.2 Å². The van der Waals surface area contributed by atoms with Crippen LogP contribution in [-0.2, 0) is 0 Å². The van der Waals surface area contributed by atoms with E-state index in [1.54, 1.807) is 13.8 Å². The Morgan fingerprint density at radius 2 is 1.71 bits per heavy atom. The molecule has 0 radical (unpaired) electrons. The van der Waals surface area contributed by atoms with Crippen molar-refractivity contribution in [3.63, 3.8) is 0 Å². The minimum Gasteiger partial charge on any atom is -0.390 e. The van der Waals surface area contributed by atoms with Gasteiger partial charge in [-0.1, -0.05) is 23.2 Å². The van der Waals surface area contributed by atoms with Crippen molar-refractivity contribution in [3.05, 3.63) is 0 Å². The van der Waals surface area contributed by atoms with Gasteiger partial charge >= 0.3 is 0 Å². The van der Waals surface area contributed by atoms with Gasteiger partial charge in [0.1, 0.15) is 4.33 Å². The van der Waals surface area contributed by atoms with Crippen LogP contribution in [0.15, 0.2) is 0 Å². The first-order valence-corrected chi connectivity index (χ1v) is 2.76. The highest BCUT2D eigenvalue weighted by atomic mass is 35.5. The predicted octanol–water partition coefficient (Wildman–Crippen LogP) is 1.56. The summed E-state index contributed by atoms with van der Waals surface area (Å²) in [5, 5.41) is 8.62. The minimum atomic E-state index is -1.00. The molecule has 0 spiro atoms. The van der Waals surface area contributed by atoms with Crippen molar-refractivity contribution in [3.8, 4) is 0 Å². The van der Waals surface area contributed by atoms with Gasteiger partial charge in [0.15, 0.2) is 0 Å². The van der Waals surface area contributed by atoms with Gasteiger partial charge in [-0.25, -0.2) is 0 Å². The summed E-state index contributed by atoms with van der Waals surface area (Å²) < 4.78 is -1.00. The molecule has 0 bridgehead atoms. The van der Waals surface area contributed by atoms with Crippen molar-refractivity contribution in [2.45, 2.75) is 24.3 Å². The van der Waals surface area contributed by atoms with Gasteiger partial charge in [0.25, 0.3) is 0 Å². The van der Waals surface area contributed by atoms with Crippen LogP contribution in [0.2, 0.25) is 0 Å². The average molecular weight is 143 g/mol. The van der Waals surface area contributed by atoms with Gasteiger partial charge in [-0.15, -0.1) is 0 Å². The maximum absolute atomic E-state index is 8.62. The third-order valence-electron chi connectivity index (χ3n) is 0.734. The predicted molar refractivity (Wildman–Crippen MR) is 31.8 cm³/mol. The standard InChI is InChI=1S/C4H8Cl2O/c1-3(7)4(2,5)6/h3,7H,1-2H3. The average Bonchev–Trinajstić information content (AvgIpc) is 1.31. The smallest absolute Gasteiger partial charge is 0.140 e. The number of hydrogen-bond donors (Lipinski definition) is 1. The van der Waals surface area contributed by atoms with Crippen LogP contribution in [0.4, 0.5) is 0 Å². The summed E-state index contributed by atoms with van der Waals surface area (Å²) in [6, 6.07) is 0. The monoisotopic (exact) mass is 142 g/mol. The molecule has 0 aliphatic carbocycles. The highest BCUT2D eigenvalue weighted by Gasteiger charge is 2.22. The first-order valence-electron chi connectivity index (χ1n) is 2.00. The largest absolute Gasteiger partial charge is 0.390 e. The molecule has 0 aromatic rings. The van der Waals surface area contributed by atoms with Crippen LogP contribution < -0.4 is 0 Å². The number of hydrogen-bond acceptors (Lipinski definition) is 1.